The van der Waals surface area contributed by atoms with Gasteiger partial charge in [0.2, 0.25) is 12.8 Å². The third-order valence-corrected chi connectivity index (χ3v) is 9.45. The number of nitrogens with zero attached hydrogens (tertiary/aromatic N) is 8. The normalized spacial score (nSPS) is 18.0. The number of rotatable bonds is 17. The van der Waals surface area contributed by atoms with Crippen molar-refractivity contribution < 1.29 is 33.0 Å². The Morgan fingerprint density at radius 2 is 1.68 bits per heavy atom. The second-order valence-electron chi connectivity index (χ2n) is 13.0. The van der Waals surface area contributed by atoms with Crippen LogP contribution in [0.2, 0.25) is 0 Å². The lowest BCUT2D eigenvalue weighted by Crippen LogP contribution is -2.34. The summed E-state index contributed by atoms with van der Waals surface area (Å²) < 4.78 is 45.1. The maximum absolute atomic E-state index is 15.0. The number of aromatic nitrogens is 6. The predicted molar refractivity (Wildman–Crippen MR) is 190 cm³/mol. The van der Waals surface area contributed by atoms with Gasteiger partial charge in [0.1, 0.15) is 42.0 Å². The van der Waals surface area contributed by atoms with Crippen LogP contribution in [-0.2, 0) is 26.5 Å². The number of carbonyl (C=O) groups is 2. The van der Waals surface area contributed by atoms with E-state index in [0.717, 1.165) is 6.07 Å². The summed E-state index contributed by atoms with van der Waals surface area (Å²) in [7, 11) is 0. The van der Waals surface area contributed by atoms with Gasteiger partial charge in [-0.3, -0.25) is 9.59 Å². The van der Waals surface area contributed by atoms with E-state index in [2.05, 4.69) is 15.2 Å². The van der Waals surface area contributed by atoms with E-state index in [9.17, 15) is 28.3 Å². The van der Waals surface area contributed by atoms with Crippen LogP contribution in [0.15, 0.2) is 90.5 Å². The van der Waals surface area contributed by atoms with Gasteiger partial charge in [-0.05, 0) is 74.4 Å². The summed E-state index contributed by atoms with van der Waals surface area (Å²) in [6.45, 7) is 4.61. The van der Waals surface area contributed by atoms with E-state index in [-0.39, 0.29) is 50.0 Å². The molecule has 0 saturated carbocycles. The molecular formula is C37H40F2N8O6. The van der Waals surface area contributed by atoms with Gasteiger partial charge in [0, 0.05) is 42.0 Å². The average Bonchev–Trinajstić information content (AvgIpc) is 3.91. The lowest BCUT2D eigenvalue weighted by molar-refractivity contribution is -0.108. The lowest BCUT2D eigenvalue weighted by atomic mass is 9.87. The monoisotopic (exact) mass is 730 g/mol. The van der Waals surface area contributed by atoms with E-state index in [0.29, 0.717) is 48.5 Å². The van der Waals surface area contributed by atoms with Crippen LogP contribution in [0.4, 0.5) is 20.2 Å². The van der Waals surface area contributed by atoms with Crippen LogP contribution in [0.3, 0.4) is 0 Å². The Hall–Kier alpha value is -5.74. The number of aliphatic hydroxyl groups excluding tert-OH is 1. The van der Waals surface area contributed by atoms with Crippen LogP contribution >= 0.6 is 0 Å². The molecule has 1 fully saturated rings. The first-order valence-electron chi connectivity index (χ1n) is 17.2. The van der Waals surface area contributed by atoms with Gasteiger partial charge in [-0.2, -0.15) is 10.2 Å². The summed E-state index contributed by atoms with van der Waals surface area (Å²) in [5.41, 5.74) is 0.463. The van der Waals surface area contributed by atoms with Crippen LogP contribution in [-0.4, -0.2) is 79.4 Å². The highest BCUT2D eigenvalue weighted by Crippen LogP contribution is 2.42. The quantitative estimate of drug-likeness (QED) is 0.141. The van der Waals surface area contributed by atoms with E-state index < -0.39 is 29.4 Å². The fourth-order valence-corrected chi connectivity index (χ4v) is 6.68. The summed E-state index contributed by atoms with van der Waals surface area (Å²) in [5.74, 6) is -0.936. The summed E-state index contributed by atoms with van der Waals surface area (Å²) in [4.78, 5) is 44.0. The molecule has 16 heteroatoms. The standard InChI is InChI=1S/C37H40F2N8O6/c1-3-35(26(2)50)47-36(51)46(23-42-47)31-7-5-29(6-8-31)43(24-48)14-15-44(25-49)30-9-11-32(12-10-30)52-18-27-17-37(53-19-27,20-45-22-40-21-41-45)33-13-4-28(38)16-34(33)39/h4-13,16,21-27,35,50H,3,14-15,17-20H2,1-2H3/t26-,27+,35+,37-/m0/s1. The van der Waals surface area contributed by atoms with Crippen LogP contribution < -0.4 is 20.2 Å². The van der Waals surface area contributed by atoms with Gasteiger partial charge in [-0.1, -0.05) is 13.0 Å². The maximum Gasteiger partial charge on any atom is 0.350 e. The Morgan fingerprint density at radius 1 is 1.00 bits per heavy atom. The molecule has 6 rings (SSSR count). The number of hydrogen-bond donors (Lipinski definition) is 1. The van der Waals surface area contributed by atoms with Crippen molar-refractivity contribution in [3.8, 4) is 11.4 Å². The lowest BCUT2D eigenvalue weighted by Gasteiger charge is -2.29. The Bertz CT molecular complexity index is 2040. The molecule has 4 atom stereocenters. The van der Waals surface area contributed by atoms with Crippen molar-refractivity contribution in [3.05, 3.63) is 113 Å². The minimum Gasteiger partial charge on any atom is -0.493 e. The molecule has 2 amide bonds. The largest absolute Gasteiger partial charge is 0.493 e. The van der Waals surface area contributed by atoms with Crippen molar-refractivity contribution in [3.63, 3.8) is 0 Å². The van der Waals surface area contributed by atoms with Gasteiger partial charge in [-0.25, -0.2) is 32.5 Å². The van der Waals surface area contributed by atoms with Gasteiger partial charge in [0.25, 0.3) is 0 Å². The first-order valence-corrected chi connectivity index (χ1v) is 17.2. The summed E-state index contributed by atoms with van der Waals surface area (Å²) >= 11 is 0. The summed E-state index contributed by atoms with van der Waals surface area (Å²) in [6.07, 6.45) is 5.83. The molecular weight excluding hydrogens is 690 g/mol. The minimum absolute atomic E-state index is 0.111. The van der Waals surface area contributed by atoms with Crippen LogP contribution in [0.25, 0.3) is 5.69 Å². The second-order valence-corrected chi connectivity index (χ2v) is 13.0. The number of amides is 2. The highest BCUT2D eigenvalue weighted by Gasteiger charge is 2.44. The number of hydrogen-bond acceptors (Lipinski definition) is 9. The molecule has 0 bridgehead atoms. The molecule has 278 valence electrons. The highest BCUT2D eigenvalue weighted by molar-refractivity contribution is 5.78. The minimum atomic E-state index is -1.09. The highest BCUT2D eigenvalue weighted by atomic mass is 19.1. The van der Waals surface area contributed by atoms with Crippen molar-refractivity contribution in [2.45, 2.75) is 51.0 Å². The van der Waals surface area contributed by atoms with E-state index in [4.69, 9.17) is 9.47 Å². The number of benzene rings is 3. The maximum atomic E-state index is 15.0. The number of aliphatic hydroxyl groups is 1. The zero-order chi connectivity index (χ0) is 37.5. The molecule has 3 aromatic carbocycles. The third-order valence-electron chi connectivity index (χ3n) is 9.45. The Kier molecular flexibility index (Phi) is 11.4. The van der Waals surface area contributed by atoms with Crippen molar-refractivity contribution in [1.82, 2.24) is 29.1 Å². The zero-order valence-corrected chi connectivity index (χ0v) is 29.2. The van der Waals surface area contributed by atoms with Crippen LogP contribution in [0.1, 0.15) is 38.3 Å². The molecule has 0 radical (unpaired) electrons. The summed E-state index contributed by atoms with van der Waals surface area (Å²) in [6, 6.07) is 16.7. The Morgan fingerprint density at radius 3 is 2.26 bits per heavy atom. The number of halogens is 2. The van der Waals surface area contributed by atoms with Crippen LogP contribution in [0, 0.1) is 17.6 Å². The van der Waals surface area contributed by atoms with Gasteiger partial charge in [0.05, 0.1) is 37.6 Å². The van der Waals surface area contributed by atoms with E-state index in [1.807, 2.05) is 6.92 Å². The molecule has 3 heterocycles. The fourth-order valence-electron chi connectivity index (χ4n) is 6.68. The van der Waals surface area contributed by atoms with Gasteiger partial charge in [-0.15, -0.1) is 0 Å². The topological polar surface area (TPSA) is 150 Å². The molecule has 5 aromatic rings. The molecule has 2 aromatic heterocycles. The fraction of sp³-hybridized carbons (Fsp3) is 0.351. The average molecular weight is 731 g/mol. The van der Waals surface area contributed by atoms with Gasteiger partial charge in [0.15, 0.2) is 0 Å². The SMILES string of the molecule is CC[C@H]([C@H](C)O)n1ncn(-c2ccc(N(C=O)CCN(C=O)c3ccc(OC[C@@H]4CO[C@@](Cn5cncn5)(c5ccc(F)cc5F)C4)cc3)cc2)c1=O. The zero-order valence-electron chi connectivity index (χ0n) is 29.2. The number of anilines is 2. The van der Waals surface area contributed by atoms with Crippen molar-refractivity contribution >= 4 is 24.2 Å². The number of ether oxygens (including phenoxy) is 2. The molecule has 0 spiro atoms. The van der Waals surface area contributed by atoms with Gasteiger partial charge < -0.3 is 24.4 Å². The van der Waals surface area contributed by atoms with E-state index >= 15 is 0 Å². The van der Waals surface area contributed by atoms with Crippen molar-refractivity contribution in [1.29, 1.82) is 0 Å². The van der Waals surface area contributed by atoms with Crippen LogP contribution in [0.5, 0.6) is 5.75 Å². The summed E-state index contributed by atoms with van der Waals surface area (Å²) in [5, 5.41) is 18.4. The predicted octanol–water partition coefficient (Wildman–Crippen LogP) is 3.87. The van der Waals surface area contributed by atoms with E-state index in [1.54, 1.807) is 60.1 Å². The van der Waals surface area contributed by atoms with Crippen molar-refractivity contribution in [2.75, 3.05) is 36.1 Å². The molecule has 14 nitrogen and oxygen atoms in total. The van der Waals surface area contributed by atoms with E-state index in [1.165, 1.54) is 50.2 Å². The Balaban J connectivity index is 1.05. The molecule has 1 saturated heterocycles. The molecule has 0 unspecified atom stereocenters. The third kappa shape index (κ3) is 8.18. The molecule has 1 aliphatic rings. The number of carbonyl (C=O) groups excluding carboxylic acids is 2. The Labute approximate surface area is 303 Å². The second kappa shape index (κ2) is 16.3. The van der Waals surface area contributed by atoms with Crippen molar-refractivity contribution in [2.24, 2.45) is 5.92 Å². The molecule has 1 aliphatic heterocycles. The van der Waals surface area contributed by atoms with Gasteiger partial charge >= 0.3 is 5.69 Å². The molecule has 53 heavy (non-hydrogen) atoms. The first-order chi connectivity index (χ1) is 25.6. The molecule has 1 N–H and O–H groups in total. The molecule has 0 aliphatic carbocycles. The first kappa shape index (κ1) is 37.0. The smallest absolute Gasteiger partial charge is 0.350 e.